The number of hydrogen-bond acceptors (Lipinski definition) is 7. The van der Waals surface area contributed by atoms with Crippen molar-refractivity contribution >= 4 is 17.9 Å². The molecule has 1 aliphatic rings. The van der Waals surface area contributed by atoms with E-state index in [4.69, 9.17) is 9.84 Å². The maximum absolute atomic E-state index is 11.3. The van der Waals surface area contributed by atoms with Crippen molar-refractivity contribution in [3.8, 4) is 0 Å². The molecular formula is C8H10O8. The lowest BCUT2D eigenvalue weighted by Gasteiger charge is -2.25. The van der Waals surface area contributed by atoms with Crippen molar-refractivity contribution in [2.24, 2.45) is 0 Å². The summed E-state index contributed by atoms with van der Waals surface area (Å²) in [5.74, 6) is -3.69. The van der Waals surface area contributed by atoms with Crippen molar-refractivity contribution in [3.05, 3.63) is 0 Å². The van der Waals surface area contributed by atoms with E-state index in [1.165, 1.54) is 0 Å². The Kier molecular flexibility index (Phi) is 3.45. The molecule has 1 saturated heterocycles. The van der Waals surface area contributed by atoms with E-state index in [1.807, 2.05) is 0 Å². The van der Waals surface area contributed by atoms with Crippen LogP contribution in [0.5, 0.6) is 0 Å². The number of carboxylic acid groups (broad SMARTS) is 1. The second kappa shape index (κ2) is 4.45. The molecule has 0 radical (unpaired) electrons. The van der Waals surface area contributed by atoms with Gasteiger partial charge >= 0.3 is 17.9 Å². The van der Waals surface area contributed by atoms with Crippen LogP contribution in [-0.4, -0.2) is 53.7 Å². The first-order valence-corrected chi connectivity index (χ1v) is 4.23. The third-order valence-electron chi connectivity index (χ3n) is 2.13. The molecule has 2 N–H and O–H groups in total. The van der Waals surface area contributed by atoms with Gasteiger partial charge in [-0.1, -0.05) is 0 Å². The van der Waals surface area contributed by atoms with E-state index in [0.717, 1.165) is 7.11 Å². The van der Waals surface area contributed by atoms with Crippen molar-refractivity contribution in [2.75, 3.05) is 13.9 Å². The molecular weight excluding hydrogens is 224 g/mol. The molecule has 0 spiro atoms. The summed E-state index contributed by atoms with van der Waals surface area (Å²) in [5, 5.41) is 18.1. The maximum Gasteiger partial charge on any atom is 0.344 e. The number of aliphatic hydroxyl groups excluding tert-OH is 1. The number of carbonyl (C=O) groups is 3. The molecule has 90 valence electrons. The zero-order valence-corrected chi connectivity index (χ0v) is 8.34. The van der Waals surface area contributed by atoms with Gasteiger partial charge in [0.05, 0.1) is 13.5 Å². The van der Waals surface area contributed by atoms with Crippen molar-refractivity contribution in [2.45, 2.75) is 18.1 Å². The van der Waals surface area contributed by atoms with Crippen LogP contribution in [0.25, 0.3) is 0 Å². The highest BCUT2D eigenvalue weighted by Gasteiger charge is 2.57. The first kappa shape index (κ1) is 12.4. The standard InChI is InChI=1S/C8H10O8/c1-14-6(12)5(11)8(2-4(9)10)7(13)15-3-16-8/h5,11H,2-3H2,1H3,(H,9,10). The fraction of sp³-hybridized carbons (Fsp3) is 0.625. The zero-order valence-electron chi connectivity index (χ0n) is 8.34. The number of carbonyl (C=O) groups excluding carboxylic acids is 2. The molecule has 0 aromatic carbocycles. The third-order valence-corrected chi connectivity index (χ3v) is 2.13. The predicted molar refractivity (Wildman–Crippen MR) is 45.1 cm³/mol. The number of ether oxygens (including phenoxy) is 3. The van der Waals surface area contributed by atoms with Crippen molar-refractivity contribution < 1.29 is 38.8 Å². The van der Waals surface area contributed by atoms with Gasteiger partial charge in [0.2, 0.25) is 5.60 Å². The number of cyclic esters (lactones) is 1. The summed E-state index contributed by atoms with van der Waals surface area (Å²) < 4.78 is 13.3. The number of hydrogen-bond donors (Lipinski definition) is 2. The fourth-order valence-corrected chi connectivity index (χ4v) is 1.31. The van der Waals surface area contributed by atoms with E-state index in [0.29, 0.717) is 0 Å². The average Bonchev–Trinajstić information content (AvgIpc) is 2.58. The summed E-state index contributed by atoms with van der Waals surface area (Å²) >= 11 is 0. The van der Waals surface area contributed by atoms with Gasteiger partial charge in [-0.2, -0.15) is 0 Å². The van der Waals surface area contributed by atoms with Gasteiger partial charge in [0.25, 0.3) is 0 Å². The molecule has 1 aliphatic heterocycles. The normalized spacial score (nSPS) is 26.0. The number of rotatable bonds is 4. The maximum atomic E-state index is 11.3. The van der Waals surface area contributed by atoms with Crippen LogP contribution in [0.15, 0.2) is 0 Å². The summed E-state index contributed by atoms with van der Waals surface area (Å²) in [5.41, 5.74) is -2.22. The Morgan fingerprint density at radius 3 is 2.62 bits per heavy atom. The van der Waals surface area contributed by atoms with Crippen molar-refractivity contribution in [1.82, 2.24) is 0 Å². The van der Waals surface area contributed by atoms with Gasteiger partial charge in [0.1, 0.15) is 0 Å². The lowest BCUT2D eigenvalue weighted by molar-refractivity contribution is -0.177. The first-order valence-electron chi connectivity index (χ1n) is 4.23. The molecule has 0 amide bonds. The van der Waals surface area contributed by atoms with Crippen LogP contribution in [0.2, 0.25) is 0 Å². The van der Waals surface area contributed by atoms with Gasteiger partial charge in [0, 0.05) is 0 Å². The summed E-state index contributed by atoms with van der Waals surface area (Å²) in [6, 6.07) is 0. The van der Waals surface area contributed by atoms with E-state index < -0.39 is 42.8 Å². The van der Waals surface area contributed by atoms with Gasteiger partial charge in [-0.25, -0.2) is 9.59 Å². The summed E-state index contributed by atoms with van der Waals surface area (Å²) in [7, 11) is 0.986. The molecule has 1 fully saturated rings. The molecule has 0 aromatic rings. The summed E-state index contributed by atoms with van der Waals surface area (Å²) in [4.78, 5) is 33.0. The van der Waals surface area contributed by atoms with Crippen LogP contribution in [0.1, 0.15) is 6.42 Å². The minimum absolute atomic E-state index is 0.514. The Morgan fingerprint density at radius 1 is 1.62 bits per heavy atom. The van der Waals surface area contributed by atoms with Crippen LogP contribution in [0.4, 0.5) is 0 Å². The molecule has 8 heteroatoms. The van der Waals surface area contributed by atoms with Gasteiger partial charge in [0.15, 0.2) is 12.9 Å². The van der Waals surface area contributed by atoms with Crippen LogP contribution in [0.3, 0.4) is 0 Å². The zero-order chi connectivity index (χ0) is 12.3. The van der Waals surface area contributed by atoms with Crippen molar-refractivity contribution in [1.29, 1.82) is 0 Å². The summed E-state index contributed by atoms with van der Waals surface area (Å²) in [6.07, 6.45) is -2.93. The minimum Gasteiger partial charge on any atom is -0.481 e. The fourth-order valence-electron chi connectivity index (χ4n) is 1.31. The SMILES string of the molecule is COC(=O)C(O)C1(CC(=O)O)OCOC1=O. The average molecular weight is 234 g/mol. The lowest BCUT2D eigenvalue weighted by Crippen LogP contribution is -2.53. The number of esters is 2. The quantitative estimate of drug-likeness (QED) is 0.550. The van der Waals surface area contributed by atoms with Crippen LogP contribution in [0, 0.1) is 0 Å². The smallest absolute Gasteiger partial charge is 0.344 e. The van der Waals surface area contributed by atoms with Crippen molar-refractivity contribution in [3.63, 3.8) is 0 Å². The van der Waals surface area contributed by atoms with Crippen LogP contribution >= 0.6 is 0 Å². The first-order chi connectivity index (χ1) is 7.44. The highest BCUT2D eigenvalue weighted by molar-refractivity contribution is 5.93. The Bertz CT molecular complexity index is 324. The van der Waals surface area contributed by atoms with E-state index >= 15 is 0 Å². The second-order valence-corrected chi connectivity index (χ2v) is 3.08. The van der Waals surface area contributed by atoms with Crippen LogP contribution in [-0.2, 0) is 28.6 Å². The summed E-state index contributed by atoms with van der Waals surface area (Å²) in [6.45, 7) is -0.514. The molecule has 0 saturated carbocycles. The number of carboxylic acids is 1. The van der Waals surface area contributed by atoms with E-state index in [9.17, 15) is 19.5 Å². The highest BCUT2D eigenvalue weighted by Crippen LogP contribution is 2.28. The van der Waals surface area contributed by atoms with Gasteiger partial charge < -0.3 is 24.4 Å². The monoisotopic (exact) mass is 234 g/mol. The highest BCUT2D eigenvalue weighted by atomic mass is 16.7. The van der Waals surface area contributed by atoms with Crippen LogP contribution < -0.4 is 0 Å². The topological polar surface area (TPSA) is 119 Å². The molecule has 0 aliphatic carbocycles. The molecule has 1 rings (SSSR count). The minimum atomic E-state index is -2.22. The Morgan fingerprint density at radius 2 is 2.25 bits per heavy atom. The Labute approximate surface area is 89.7 Å². The molecule has 8 nitrogen and oxygen atoms in total. The Hall–Kier alpha value is -1.67. The molecule has 0 aromatic heterocycles. The van der Waals surface area contributed by atoms with E-state index in [1.54, 1.807) is 0 Å². The molecule has 16 heavy (non-hydrogen) atoms. The van der Waals surface area contributed by atoms with Gasteiger partial charge in [-0.05, 0) is 0 Å². The number of aliphatic carboxylic acids is 1. The van der Waals surface area contributed by atoms with E-state index in [2.05, 4.69) is 9.47 Å². The van der Waals surface area contributed by atoms with Gasteiger partial charge in [-0.3, -0.25) is 4.79 Å². The van der Waals surface area contributed by atoms with Gasteiger partial charge in [-0.15, -0.1) is 0 Å². The second-order valence-electron chi connectivity index (χ2n) is 3.08. The van der Waals surface area contributed by atoms with E-state index in [-0.39, 0.29) is 0 Å². The molecule has 2 unspecified atom stereocenters. The molecule has 1 heterocycles. The largest absolute Gasteiger partial charge is 0.481 e. The molecule has 2 atom stereocenters. The number of aliphatic hydroxyl groups is 1. The number of methoxy groups -OCH3 is 1. The lowest BCUT2D eigenvalue weighted by atomic mass is 9.93. The third kappa shape index (κ3) is 1.97. The predicted octanol–water partition coefficient (Wildman–Crippen LogP) is -1.74. The Balaban J connectivity index is 2.99. The molecule has 0 bridgehead atoms.